The summed E-state index contributed by atoms with van der Waals surface area (Å²) >= 11 is 1.73. The minimum Gasteiger partial charge on any atom is -0.255 e. The fourth-order valence-corrected chi connectivity index (χ4v) is 4.19. The van der Waals surface area contributed by atoms with Crippen LogP contribution in [0.5, 0.6) is 0 Å². The van der Waals surface area contributed by atoms with Gasteiger partial charge in [-0.15, -0.1) is 0 Å². The van der Waals surface area contributed by atoms with E-state index < -0.39 is 0 Å². The van der Waals surface area contributed by atoms with Gasteiger partial charge in [-0.05, 0) is 62.3 Å². The third kappa shape index (κ3) is 16.8. The summed E-state index contributed by atoms with van der Waals surface area (Å²) in [7, 11) is 0. The smallest absolute Gasteiger partial charge is 0.0688 e. The van der Waals surface area contributed by atoms with Gasteiger partial charge >= 0.3 is 0 Å². The van der Waals surface area contributed by atoms with Gasteiger partial charge in [0.25, 0.3) is 0 Å². The monoisotopic (exact) mass is 483 g/mol. The van der Waals surface area contributed by atoms with Crippen LogP contribution in [0.3, 0.4) is 0 Å². The number of rotatable bonds is 9. The predicted octanol–water partition coefficient (Wildman–Crippen LogP) is 11.6. The number of para-hydroxylation sites is 1. The number of hydrogen-bond donors (Lipinski definition) is 0. The summed E-state index contributed by atoms with van der Waals surface area (Å²) in [5, 5.41) is 0. The minimum absolute atomic E-state index is 0.881. The summed E-state index contributed by atoms with van der Waals surface area (Å²) in [4.78, 5) is 7.04. The molecule has 192 valence electrons. The number of thioether (sulfide) groups is 1. The highest BCUT2D eigenvalue weighted by Crippen LogP contribution is 2.27. The molecule has 0 saturated heterocycles. The zero-order valence-corrected chi connectivity index (χ0v) is 24.9. The van der Waals surface area contributed by atoms with E-state index in [1.54, 1.807) is 11.8 Å². The molecule has 0 saturated carbocycles. The lowest BCUT2D eigenvalue weighted by Crippen LogP contribution is -1.99. The maximum absolute atomic E-state index is 4.66. The van der Waals surface area contributed by atoms with Crippen LogP contribution in [0.25, 0.3) is 0 Å². The number of allylic oxidation sites excluding steroid dienone is 2. The van der Waals surface area contributed by atoms with E-state index in [0.29, 0.717) is 0 Å². The number of nitrogens with zero attached hydrogens (tertiary/aromatic N) is 1. The number of aryl methyl sites for hydroxylation is 2. The fourth-order valence-electron chi connectivity index (χ4n) is 3.40. The van der Waals surface area contributed by atoms with E-state index in [0.717, 1.165) is 22.4 Å². The van der Waals surface area contributed by atoms with E-state index in [2.05, 4.69) is 95.1 Å². The van der Waals surface area contributed by atoms with E-state index in [-0.39, 0.29) is 0 Å². The highest BCUT2D eigenvalue weighted by Gasteiger charge is 2.03. The second-order valence-electron chi connectivity index (χ2n) is 8.48. The molecule has 0 radical (unpaired) electrons. The molecule has 34 heavy (non-hydrogen) atoms. The Morgan fingerprint density at radius 2 is 1.44 bits per heavy atom. The van der Waals surface area contributed by atoms with Gasteiger partial charge in [0.05, 0.1) is 5.69 Å². The van der Waals surface area contributed by atoms with Crippen LogP contribution in [0.15, 0.2) is 69.4 Å². The Labute approximate surface area is 217 Å². The van der Waals surface area contributed by atoms with Gasteiger partial charge in [-0.3, -0.25) is 4.99 Å². The first-order chi connectivity index (χ1) is 16.4. The molecule has 1 nitrogen and oxygen atoms in total. The lowest BCUT2D eigenvalue weighted by molar-refractivity contribution is 0.404. The third-order valence-corrected chi connectivity index (χ3v) is 6.03. The van der Waals surface area contributed by atoms with Crippen LogP contribution in [0.1, 0.15) is 99.1 Å². The van der Waals surface area contributed by atoms with Crippen LogP contribution in [-0.2, 0) is 0 Å². The van der Waals surface area contributed by atoms with E-state index in [4.69, 9.17) is 0 Å². The highest BCUT2D eigenvalue weighted by molar-refractivity contribution is 8.04. The van der Waals surface area contributed by atoms with Crippen molar-refractivity contribution in [3.63, 3.8) is 0 Å². The predicted molar refractivity (Wildman–Crippen MR) is 161 cm³/mol. The number of hydrogen-bond acceptors (Lipinski definition) is 2. The van der Waals surface area contributed by atoms with Crippen molar-refractivity contribution in [3.8, 4) is 0 Å². The zero-order chi connectivity index (χ0) is 26.4. The van der Waals surface area contributed by atoms with Crippen LogP contribution in [0, 0.1) is 25.7 Å². The van der Waals surface area contributed by atoms with Gasteiger partial charge in [-0.1, -0.05) is 129 Å². The van der Waals surface area contributed by atoms with Crippen molar-refractivity contribution >= 4 is 23.7 Å². The zero-order valence-electron chi connectivity index (χ0n) is 24.1. The first kappa shape index (κ1) is 34.4. The summed E-state index contributed by atoms with van der Waals surface area (Å²) in [5.74, 6) is 1.83. The van der Waals surface area contributed by atoms with E-state index in [1.165, 1.54) is 41.7 Å². The molecule has 0 amide bonds. The van der Waals surface area contributed by atoms with Crippen LogP contribution >= 0.6 is 11.8 Å². The lowest BCUT2D eigenvalue weighted by atomic mass is 9.94. The van der Waals surface area contributed by atoms with Crippen LogP contribution in [0.2, 0.25) is 0 Å². The molecule has 0 aliphatic carbocycles. The molecule has 2 aromatic carbocycles. The van der Waals surface area contributed by atoms with Gasteiger partial charge in [0.15, 0.2) is 0 Å². The van der Waals surface area contributed by atoms with Crippen LogP contribution < -0.4 is 0 Å². The molecule has 2 rings (SSSR count). The average Bonchev–Trinajstić information content (AvgIpc) is 2.85. The molecule has 0 fully saturated rings. The van der Waals surface area contributed by atoms with E-state index >= 15 is 0 Å². The Balaban J connectivity index is 0. The first-order valence-electron chi connectivity index (χ1n) is 13.4. The Morgan fingerprint density at radius 1 is 0.882 bits per heavy atom. The quantitative estimate of drug-likeness (QED) is 0.255. The van der Waals surface area contributed by atoms with Crippen molar-refractivity contribution in [1.82, 2.24) is 0 Å². The molecule has 1 atom stereocenters. The second kappa shape index (κ2) is 23.0. The topological polar surface area (TPSA) is 12.4 Å². The normalized spacial score (nSPS) is 11.6. The number of aliphatic imine (C=N–C) groups is 1. The molecular formula is C32H53NS. The Hall–Kier alpha value is -1.80. The summed E-state index contributed by atoms with van der Waals surface area (Å²) in [6.45, 7) is 23.5. The molecule has 0 spiro atoms. The molecule has 0 bridgehead atoms. The summed E-state index contributed by atoms with van der Waals surface area (Å²) in [5.41, 5.74) is 3.49. The fraction of sp³-hybridized carbons (Fsp3) is 0.531. The maximum atomic E-state index is 4.66. The number of unbranched alkanes of at least 4 members (excludes halogenated alkanes) is 1. The summed E-state index contributed by atoms with van der Waals surface area (Å²) in [6, 6.07) is 16.6. The van der Waals surface area contributed by atoms with Crippen molar-refractivity contribution in [1.29, 1.82) is 0 Å². The van der Waals surface area contributed by atoms with E-state index in [1.807, 2.05) is 46.9 Å². The van der Waals surface area contributed by atoms with Gasteiger partial charge in [-0.2, -0.15) is 0 Å². The molecule has 0 N–H and O–H groups in total. The SMILES string of the molecule is C/C=C(\C=Nc1c(C)cccc1C)Sc1ccccc1.CC.CC.CCCC[C@@H](C)CC(C)C. The van der Waals surface area contributed by atoms with Crippen molar-refractivity contribution in [2.75, 3.05) is 0 Å². The molecule has 0 aliphatic heterocycles. The largest absolute Gasteiger partial charge is 0.255 e. The van der Waals surface area contributed by atoms with Crippen molar-refractivity contribution in [3.05, 3.63) is 70.6 Å². The maximum Gasteiger partial charge on any atom is 0.0688 e. The van der Waals surface area contributed by atoms with Gasteiger partial charge in [0.2, 0.25) is 0 Å². The van der Waals surface area contributed by atoms with Gasteiger partial charge in [-0.25, -0.2) is 0 Å². The van der Waals surface area contributed by atoms with Crippen molar-refractivity contribution in [2.24, 2.45) is 16.8 Å². The first-order valence-corrected chi connectivity index (χ1v) is 14.2. The van der Waals surface area contributed by atoms with E-state index in [9.17, 15) is 0 Å². The van der Waals surface area contributed by atoms with Gasteiger partial charge in [0, 0.05) is 16.0 Å². The van der Waals surface area contributed by atoms with Crippen molar-refractivity contribution in [2.45, 2.75) is 107 Å². The Morgan fingerprint density at radius 3 is 1.91 bits per heavy atom. The summed E-state index contributed by atoms with van der Waals surface area (Å²) < 4.78 is 0. The molecule has 0 unspecified atom stereocenters. The van der Waals surface area contributed by atoms with Crippen LogP contribution in [-0.4, -0.2) is 6.21 Å². The average molecular weight is 484 g/mol. The molecule has 2 aromatic rings. The van der Waals surface area contributed by atoms with Crippen LogP contribution in [0.4, 0.5) is 5.69 Å². The van der Waals surface area contributed by atoms with Crippen molar-refractivity contribution < 1.29 is 0 Å². The lowest BCUT2D eigenvalue weighted by Gasteiger charge is -2.12. The standard InChI is InChI=1S/C18H19NS.C10H22.2C2H6/c1-4-16(20-17-11-6-5-7-12-17)13-19-18-14(2)9-8-10-15(18)3;1-5-6-7-10(4)8-9(2)3;2*1-2/h4-13H,1-3H3;9-10H,5-8H2,1-4H3;2*1-2H3/b16-4+,19-13?;;;/t;10-;;/m.1../s1. The third-order valence-electron chi connectivity index (χ3n) is 4.95. The molecule has 0 aromatic heterocycles. The molecule has 2 heteroatoms. The van der Waals surface area contributed by atoms with Gasteiger partial charge < -0.3 is 0 Å². The molecule has 0 heterocycles. The highest BCUT2D eigenvalue weighted by atomic mass is 32.2. The molecular weight excluding hydrogens is 430 g/mol. The summed E-state index contributed by atoms with van der Waals surface area (Å²) in [6.07, 6.45) is 9.63. The minimum atomic E-state index is 0.881. The molecule has 0 aliphatic rings. The second-order valence-corrected chi connectivity index (χ2v) is 9.63. The van der Waals surface area contributed by atoms with Gasteiger partial charge in [0.1, 0.15) is 0 Å². The number of benzene rings is 2. The Kier molecular flexibility index (Phi) is 23.2. The Bertz CT molecular complexity index is 755.